The van der Waals surface area contributed by atoms with Crippen molar-refractivity contribution in [1.29, 1.82) is 0 Å². The number of aliphatic carboxylic acids is 1. The topological polar surface area (TPSA) is 65.5 Å². The van der Waals surface area contributed by atoms with Crippen LogP contribution in [0.1, 0.15) is 0 Å². The van der Waals surface area contributed by atoms with Crippen LogP contribution in [-0.4, -0.2) is 36.7 Å². The molecule has 2 N–H and O–H groups in total. The SMILES string of the molecule is CNc1cnc(N(C)CC(=O)O)c2c(F)cccc12. The molecule has 2 rings (SSSR count). The average molecular weight is 263 g/mol. The number of fused-ring (bicyclic) bond motifs is 1. The molecule has 100 valence electrons. The van der Waals surface area contributed by atoms with Crippen LogP contribution in [0.2, 0.25) is 0 Å². The number of aromatic nitrogens is 1. The molecule has 0 fully saturated rings. The number of nitrogens with one attached hydrogen (secondary N) is 1. The minimum absolute atomic E-state index is 0.241. The van der Waals surface area contributed by atoms with Crippen molar-refractivity contribution in [2.75, 3.05) is 30.9 Å². The second kappa shape index (κ2) is 5.09. The highest BCUT2D eigenvalue weighted by atomic mass is 19.1. The molecule has 6 heteroatoms. The van der Waals surface area contributed by atoms with Gasteiger partial charge in [0.2, 0.25) is 0 Å². The van der Waals surface area contributed by atoms with E-state index < -0.39 is 11.8 Å². The molecule has 0 radical (unpaired) electrons. The summed E-state index contributed by atoms with van der Waals surface area (Å²) in [5.74, 6) is -1.10. The second-order valence-corrected chi connectivity index (χ2v) is 4.16. The lowest BCUT2D eigenvalue weighted by Gasteiger charge is -2.19. The number of carboxylic acids is 1. The highest BCUT2D eigenvalue weighted by Crippen LogP contribution is 2.31. The summed E-state index contributed by atoms with van der Waals surface area (Å²) in [6.07, 6.45) is 1.56. The maximum atomic E-state index is 14.0. The van der Waals surface area contributed by atoms with Gasteiger partial charge in [-0.05, 0) is 6.07 Å². The first-order valence-electron chi connectivity index (χ1n) is 5.72. The van der Waals surface area contributed by atoms with Crippen LogP contribution in [0.25, 0.3) is 10.8 Å². The van der Waals surface area contributed by atoms with Gasteiger partial charge in [-0.2, -0.15) is 0 Å². The summed E-state index contributed by atoms with van der Waals surface area (Å²) in [5.41, 5.74) is 0.696. The van der Waals surface area contributed by atoms with Gasteiger partial charge in [0.25, 0.3) is 0 Å². The summed E-state index contributed by atoms with van der Waals surface area (Å²) in [6.45, 7) is -0.241. The van der Waals surface area contributed by atoms with Gasteiger partial charge in [0, 0.05) is 19.5 Å². The van der Waals surface area contributed by atoms with Crippen LogP contribution in [0.15, 0.2) is 24.4 Å². The maximum absolute atomic E-state index is 14.0. The van der Waals surface area contributed by atoms with Crippen molar-refractivity contribution in [2.24, 2.45) is 0 Å². The molecule has 0 atom stereocenters. The molecule has 0 amide bonds. The van der Waals surface area contributed by atoms with E-state index in [0.29, 0.717) is 22.3 Å². The van der Waals surface area contributed by atoms with Crippen molar-refractivity contribution >= 4 is 28.2 Å². The van der Waals surface area contributed by atoms with Crippen LogP contribution in [0, 0.1) is 5.82 Å². The molecule has 0 aliphatic rings. The van der Waals surface area contributed by atoms with E-state index in [9.17, 15) is 9.18 Å². The fourth-order valence-corrected chi connectivity index (χ4v) is 2.00. The molecule has 0 saturated carbocycles. The molecule has 0 saturated heterocycles. The van der Waals surface area contributed by atoms with Gasteiger partial charge in [0.05, 0.1) is 17.3 Å². The van der Waals surface area contributed by atoms with Crippen LogP contribution in [0.3, 0.4) is 0 Å². The van der Waals surface area contributed by atoms with Gasteiger partial charge in [-0.25, -0.2) is 9.37 Å². The number of rotatable bonds is 4. The minimum atomic E-state index is -0.994. The van der Waals surface area contributed by atoms with Crippen molar-refractivity contribution in [3.8, 4) is 0 Å². The number of benzene rings is 1. The molecule has 2 aromatic rings. The maximum Gasteiger partial charge on any atom is 0.323 e. The van der Waals surface area contributed by atoms with Crippen molar-refractivity contribution in [2.45, 2.75) is 0 Å². The molecule has 0 bridgehead atoms. The van der Waals surface area contributed by atoms with E-state index in [2.05, 4.69) is 10.3 Å². The van der Waals surface area contributed by atoms with E-state index in [-0.39, 0.29) is 6.54 Å². The lowest BCUT2D eigenvalue weighted by atomic mass is 10.1. The molecule has 0 aliphatic carbocycles. The molecule has 19 heavy (non-hydrogen) atoms. The van der Waals surface area contributed by atoms with Crippen molar-refractivity contribution in [3.05, 3.63) is 30.2 Å². The fraction of sp³-hybridized carbons (Fsp3) is 0.231. The summed E-state index contributed by atoms with van der Waals surface area (Å²) in [6, 6.07) is 4.71. The van der Waals surface area contributed by atoms with Crippen molar-refractivity contribution in [3.63, 3.8) is 0 Å². The Morgan fingerprint density at radius 3 is 2.89 bits per heavy atom. The van der Waals surface area contributed by atoms with Gasteiger partial charge in [0.1, 0.15) is 18.2 Å². The zero-order chi connectivity index (χ0) is 14.0. The number of carboxylic acid groups (broad SMARTS) is 1. The first kappa shape index (κ1) is 13.1. The zero-order valence-electron chi connectivity index (χ0n) is 10.6. The Morgan fingerprint density at radius 2 is 2.26 bits per heavy atom. The van der Waals surface area contributed by atoms with Crippen molar-refractivity contribution in [1.82, 2.24) is 4.98 Å². The smallest absolute Gasteiger partial charge is 0.323 e. The number of hydrogen-bond acceptors (Lipinski definition) is 4. The standard InChI is InChI=1S/C13H14FN3O2/c1-15-10-6-16-13(17(2)7-11(18)19)12-8(10)4-3-5-9(12)14/h3-6,15H,7H2,1-2H3,(H,18,19). The van der Waals surface area contributed by atoms with E-state index in [1.807, 2.05) is 0 Å². The lowest BCUT2D eigenvalue weighted by molar-refractivity contribution is -0.135. The molecule has 0 aliphatic heterocycles. The zero-order valence-corrected chi connectivity index (χ0v) is 10.6. The fourth-order valence-electron chi connectivity index (χ4n) is 2.00. The third-order valence-corrected chi connectivity index (χ3v) is 2.85. The molecule has 0 spiro atoms. The Hall–Kier alpha value is -2.37. The van der Waals surface area contributed by atoms with Crippen LogP contribution in [-0.2, 0) is 4.79 Å². The average Bonchev–Trinajstić information content (AvgIpc) is 2.37. The van der Waals surface area contributed by atoms with Crippen LogP contribution in [0.4, 0.5) is 15.9 Å². The highest BCUT2D eigenvalue weighted by Gasteiger charge is 2.15. The summed E-state index contributed by atoms with van der Waals surface area (Å²) in [5, 5.41) is 12.7. The number of anilines is 2. The predicted octanol–water partition coefficient (Wildman–Crippen LogP) is 1.94. The van der Waals surface area contributed by atoms with Gasteiger partial charge in [-0.15, -0.1) is 0 Å². The van der Waals surface area contributed by atoms with Gasteiger partial charge in [-0.3, -0.25) is 4.79 Å². The summed E-state index contributed by atoms with van der Waals surface area (Å²) in [7, 11) is 3.30. The molecular weight excluding hydrogens is 249 g/mol. The van der Waals surface area contributed by atoms with E-state index in [1.54, 1.807) is 32.4 Å². The lowest BCUT2D eigenvalue weighted by Crippen LogP contribution is -2.26. The summed E-state index contributed by atoms with van der Waals surface area (Å²) >= 11 is 0. The molecule has 1 aromatic carbocycles. The molecule has 5 nitrogen and oxygen atoms in total. The normalized spacial score (nSPS) is 10.5. The summed E-state index contributed by atoms with van der Waals surface area (Å²) < 4.78 is 14.0. The predicted molar refractivity (Wildman–Crippen MR) is 72.2 cm³/mol. The first-order chi connectivity index (χ1) is 9.04. The summed E-state index contributed by atoms with van der Waals surface area (Å²) in [4.78, 5) is 16.3. The van der Waals surface area contributed by atoms with E-state index in [0.717, 1.165) is 0 Å². The van der Waals surface area contributed by atoms with Crippen LogP contribution < -0.4 is 10.2 Å². The van der Waals surface area contributed by atoms with Crippen molar-refractivity contribution < 1.29 is 14.3 Å². The monoisotopic (exact) mass is 263 g/mol. The Morgan fingerprint density at radius 1 is 1.53 bits per heavy atom. The highest BCUT2D eigenvalue weighted by molar-refractivity contribution is 6.01. The number of likely N-dealkylation sites (N-methyl/N-ethyl adjacent to an activating group) is 1. The van der Waals surface area contributed by atoms with Crippen LogP contribution >= 0.6 is 0 Å². The van der Waals surface area contributed by atoms with Gasteiger partial charge in [0.15, 0.2) is 0 Å². The van der Waals surface area contributed by atoms with Gasteiger partial charge in [-0.1, -0.05) is 12.1 Å². The Bertz CT molecular complexity index is 631. The number of halogens is 1. The quantitative estimate of drug-likeness (QED) is 0.882. The van der Waals surface area contributed by atoms with E-state index in [1.165, 1.54) is 11.0 Å². The molecule has 0 unspecified atom stereocenters. The second-order valence-electron chi connectivity index (χ2n) is 4.16. The Kier molecular flexibility index (Phi) is 3.50. The van der Waals surface area contributed by atoms with Gasteiger partial charge >= 0.3 is 5.97 Å². The Labute approximate surface area is 109 Å². The minimum Gasteiger partial charge on any atom is -0.480 e. The largest absolute Gasteiger partial charge is 0.480 e. The van der Waals surface area contributed by atoms with E-state index >= 15 is 0 Å². The third-order valence-electron chi connectivity index (χ3n) is 2.85. The number of hydrogen-bond donors (Lipinski definition) is 2. The van der Waals surface area contributed by atoms with Crippen LogP contribution in [0.5, 0.6) is 0 Å². The number of carbonyl (C=O) groups is 1. The first-order valence-corrected chi connectivity index (χ1v) is 5.72. The Balaban J connectivity index is 2.65. The van der Waals surface area contributed by atoms with Gasteiger partial charge < -0.3 is 15.3 Å². The molecule has 1 heterocycles. The number of nitrogens with zero attached hydrogens (tertiary/aromatic N) is 2. The number of pyridine rings is 1. The molecule has 1 aromatic heterocycles. The van der Waals surface area contributed by atoms with E-state index in [4.69, 9.17) is 5.11 Å². The third kappa shape index (κ3) is 2.42. The molecular formula is C13H14FN3O2.